The lowest BCUT2D eigenvalue weighted by Crippen LogP contribution is -2.27. The topological polar surface area (TPSA) is 73.3 Å². The standard InChI is InChI=1S/C18H17N3O3S/c1-23-14-6-4-13(5-7-14)15-8-9-17(21-20-15)24-11-10-19-18(22)16-3-2-12-25-16/h2-9,12H,10-11H2,1H3,(H,19,22). The fourth-order valence-electron chi connectivity index (χ4n) is 2.13. The molecule has 3 rings (SSSR count). The van der Waals surface area contributed by atoms with E-state index in [0.717, 1.165) is 17.0 Å². The van der Waals surface area contributed by atoms with Gasteiger partial charge in [-0.05, 0) is 41.8 Å². The van der Waals surface area contributed by atoms with Crippen LogP contribution in [0.15, 0.2) is 53.9 Å². The first-order valence-corrected chi connectivity index (χ1v) is 8.57. The molecule has 2 heterocycles. The molecule has 0 unspecified atom stereocenters. The molecule has 0 radical (unpaired) electrons. The average Bonchev–Trinajstić information content (AvgIpc) is 3.21. The molecule has 0 atom stereocenters. The minimum atomic E-state index is -0.0977. The van der Waals surface area contributed by atoms with Crippen LogP contribution in [0.25, 0.3) is 11.3 Å². The summed E-state index contributed by atoms with van der Waals surface area (Å²) in [6, 6.07) is 14.8. The number of carbonyl (C=O) groups excluding carboxylic acids is 1. The molecule has 1 aromatic carbocycles. The molecule has 0 aliphatic heterocycles. The van der Waals surface area contributed by atoms with Gasteiger partial charge in [0.1, 0.15) is 12.4 Å². The number of nitrogens with one attached hydrogen (secondary N) is 1. The lowest BCUT2D eigenvalue weighted by atomic mass is 10.1. The van der Waals surface area contributed by atoms with Crippen molar-refractivity contribution in [2.24, 2.45) is 0 Å². The normalized spacial score (nSPS) is 10.3. The third-order valence-corrected chi connectivity index (χ3v) is 4.28. The number of hydrogen-bond donors (Lipinski definition) is 1. The minimum absolute atomic E-state index is 0.0977. The van der Waals surface area contributed by atoms with Crippen LogP contribution in [-0.4, -0.2) is 36.4 Å². The molecule has 1 N–H and O–H groups in total. The highest BCUT2D eigenvalue weighted by atomic mass is 32.1. The van der Waals surface area contributed by atoms with Gasteiger partial charge in [0.15, 0.2) is 0 Å². The van der Waals surface area contributed by atoms with E-state index in [2.05, 4.69) is 15.5 Å². The maximum absolute atomic E-state index is 11.8. The Bertz CT molecular complexity index is 803. The van der Waals surface area contributed by atoms with Crippen LogP contribution < -0.4 is 14.8 Å². The van der Waals surface area contributed by atoms with E-state index >= 15 is 0 Å². The fourth-order valence-corrected chi connectivity index (χ4v) is 2.77. The molecule has 3 aromatic rings. The number of thiophene rings is 1. The van der Waals surface area contributed by atoms with Crippen LogP contribution >= 0.6 is 11.3 Å². The minimum Gasteiger partial charge on any atom is -0.497 e. The van der Waals surface area contributed by atoms with E-state index < -0.39 is 0 Å². The van der Waals surface area contributed by atoms with Crippen molar-refractivity contribution in [3.05, 3.63) is 58.8 Å². The number of benzene rings is 1. The van der Waals surface area contributed by atoms with Crippen molar-refractivity contribution in [3.63, 3.8) is 0 Å². The zero-order valence-electron chi connectivity index (χ0n) is 13.6. The van der Waals surface area contributed by atoms with Crippen LogP contribution in [0.2, 0.25) is 0 Å². The van der Waals surface area contributed by atoms with Crippen LogP contribution in [0, 0.1) is 0 Å². The lowest BCUT2D eigenvalue weighted by molar-refractivity contribution is 0.0950. The second-order valence-electron chi connectivity index (χ2n) is 5.07. The van der Waals surface area contributed by atoms with Gasteiger partial charge in [-0.15, -0.1) is 21.5 Å². The summed E-state index contributed by atoms with van der Waals surface area (Å²) in [6.45, 7) is 0.728. The van der Waals surface area contributed by atoms with Gasteiger partial charge in [0.25, 0.3) is 5.91 Å². The van der Waals surface area contributed by atoms with E-state index in [1.807, 2.05) is 41.8 Å². The van der Waals surface area contributed by atoms with Gasteiger partial charge >= 0.3 is 0 Å². The Morgan fingerprint density at radius 1 is 1.12 bits per heavy atom. The van der Waals surface area contributed by atoms with Crippen molar-refractivity contribution >= 4 is 17.2 Å². The highest BCUT2D eigenvalue weighted by molar-refractivity contribution is 7.12. The molecule has 0 saturated carbocycles. The third kappa shape index (κ3) is 4.54. The maximum Gasteiger partial charge on any atom is 0.261 e. The van der Waals surface area contributed by atoms with Gasteiger partial charge in [-0.1, -0.05) is 6.07 Å². The average molecular weight is 355 g/mol. The summed E-state index contributed by atoms with van der Waals surface area (Å²) in [7, 11) is 1.63. The number of amides is 1. The summed E-state index contributed by atoms with van der Waals surface area (Å²) in [5.41, 5.74) is 1.70. The van der Waals surface area contributed by atoms with Crippen LogP contribution in [0.1, 0.15) is 9.67 Å². The Labute approximate surface area is 149 Å². The first-order valence-electron chi connectivity index (χ1n) is 7.69. The van der Waals surface area contributed by atoms with Crippen LogP contribution in [0.3, 0.4) is 0 Å². The molecule has 2 aromatic heterocycles. The van der Waals surface area contributed by atoms with E-state index in [0.29, 0.717) is 23.9 Å². The Morgan fingerprint density at radius 2 is 1.96 bits per heavy atom. The fraction of sp³-hybridized carbons (Fsp3) is 0.167. The molecule has 128 valence electrons. The number of nitrogens with zero attached hydrogens (tertiary/aromatic N) is 2. The maximum atomic E-state index is 11.8. The van der Waals surface area contributed by atoms with Crippen LogP contribution in [-0.2, 0) is 0 Å². The van der Waals surface area contributed by atoms with Gasteiger partial charge in [-0.3, -0.25) is 4.79 Å². The van der Waals surface area contributed by atoms with E-state index in [4.69, 9.17) is 9.47 Å². The molecule has 0 fully saturated rings. The van der Waals surface area contributed by atoms with E-state index in [-0.39, 0.29) is 5.91 Å². The van der Waals surface area contributed by atoms with Crippen molar-refractivity contribution in [1.29, 1.82) is 0 Å². The molecule has 0 bridgehead atoms. The molecular formula is C18H17N3O3S. The number of ether oxygens (including phenoxy) is 2. The number of carbonyl (C=O) groups is 1. The van der Waals surface area contributed by atoms with Crippen LogP contribution in [0.4, 0.5) is 0 Å². The quantitative estimate of drug-likeness (QED) is 0.660. The number of hydrogen-bond acceptors (Lipinski definition) is 6. The van der Waals surface area contributed by atoms with Crippen molar-refractivity contribution in [2.45, 2.75) is 0 Å². The summed E-state index contributed by atoms with van der Waals surface area (Å²) in [5, 5.41) is 12.9. The second-order valence-corrected chi connectivity index (χ2v) is 6.01. The smallest absolute Gasteiger partial charge is 0.261 e. The van der Waals surface area contributed by atoms with Gasteiger partial charge in [-0.25, -0.2) is 0 Å². The molecule has 0 aliphatic rings. The lowest BCUT2D eigenvalue weighted by Gasteiger charge is -2.07. The zero-order chi connectivity index (χ0) is 17.5. The molecule has 7 heteroatoms. The third-order valence-electron chi connectivity index (χ3n) is 3.41. The predicted molar refractivity (Wildman–Crippen MR) is 96.2 cm³/mol. The summed E-state index contributed by atoms with van der Waals surface area (Å²) in [6.07, 6.45) is 0. The molecule has 25 heavy (non-hydrogen) atoms. The van der Waals surface area contributed by atoms with Gasteiger partial charge < -0.3 is 14.8 Å². The Hall–Kier alpha value is -2.93. The number of rotatable bonds is 7. The van der Waals surface area contributed by atoms with Crippen molar-refractivity contribution in [2.75, 3.05) is 20.3 Å². The highest BCUT2D eigenvalue weighted by Gasteiger charge is 2.06. The summed E-state index contributed by atoms with van der Waals surface area (Å²) in [4.78, 5) is 12.5. The molecule has 6 nitrogen and oxygen atoms in total. The Morgan fingerprint density at radius 3 is 2.60 bits per heavy atom. The Balaban J connectivity index is 1.48. The summed E-state index contributed by atoms with van der Waals surface area (Å²) >= 11 is 1.40. The molecule has 0 spiro atoms. The van der Waals surface area contributed by atoms with E-state index in [9.17, 15) is 4.79 Å². The van der Waals surface area contributed by atoms with Crippen molar-refractivity contribution in [3.8, 4) is 22.9 Å². The highest BCUT2D eigenvalue weighted by Crippen LogP contribution is 2.20. The number of methoxy groups -OCH3 is 1. The van der Waals surface area contributed by atoms with E-state index in [1.165, 1.54) is 11.3 Å². The van der Waals surface area contributed by atoms with Crippen molar-refractivity contribution in [1.82, 2.24) is 15.5 Å². The predicted octanol–water partition coefficient (Wildman–Crippen LogP) is 3.02. The SMILES string of the molecule is COc1ccc(-c2ccc(OCCNC(=O)c3cccs3)nn2)cc1. The summed E-state index contributed by atoms with van der Waals surface area (Å²) in [5.74, 6) is 1.11. The Kier molecular flexibility index (Phi) is 5.58. The van der Waals surface area contributed by atoms with Gasteiger partial charge in [0.05, 0.1) is 24.2 Å². The van der Waals surface area contributed by atoms with Crippen LogP contribution in [0.5, 0.6) is 11.6 Å². The van der Waals surface area contributed by atoms with Crippen molar-refractivity contribution < 1.29 is 14.3 Å². The van der Waals surface area contributed by atoms with E-state index in [1.54, 1.807) is 19.2 Å². The number of aromatic nitrogens is 2. The zero-order valence-corrected chi connectivity index (χ0v) is 14.5. The summed E-state index contributed by atoms with van der Waals surface area (Å²) < 4.78 is 10.6. The van der Waals surface area contributed by atoms with Gasteiger partial charge in [-0.2, -0.15) is 0 Å². The monoisotopic (exact) mass is 355 g/mol. The molecule has 0 saturated heterocycles. The second kappa shape index (κ2) is 8.25. The molecular weight excluding hydrogens is 338 g/mol. The van der Waals surface area contributed by atoms with Gasteiger partial charge in [0, 0.05) is 11.6 Å². The van der Waals surface area contributed by atoms with Gasteiger partial charge in [0.2, 0.25) is 5.88 Å². The molecule has 0 aliphatic carbocycles. The molecule has 1 amide bonds. The first-order chi connectivity index (χ1) is 12.3. The first kappa shape index (κ1) is 16.9. The largest absolute Gasteiger partial charge is 0.497 e.